The average molecular weight is 398 g/mol. The lowest BCUT2D eigenvalue weighted by atomic mass is 9.86. The van der Waals surface area contributed by atoms with E-state index in [9.17, 15) is 14.4 Å². The van der Waals surface area contributed by atoms with Crippen molar-refractivity contribution in [3.8, 4) is 0 Å². The number of nitrogens with zero attached hydrogens (tertiary/aromatic N) is 3. The highest BCUT2D eigenvalue weighted by atomic mass is 32.1. The van der Waals surface area contributed by atoms with Gasteiger partial charge in [-0.2, -0.15) is 0 Å². The highest BCUT2D eigenvalue weighted by Gasteiger charge is 2.35. The fourth-order valence-corrected chi connectivity index (χ4v) is 4.20. The van der Waals surface area contributed by atoms with Crippen LogP contribution in [0.1, 0.15) is 81.5 Å². The Labute approximate surface area is 167 Å². The summed E-state index contributed by atoms with van der Waals surface area (Å²) in [5.41, 5.74) is 0.966. The number of imide groups is 1. The average Bonchev–Trinajstić information content (AvgIpc) is 3.15. The minimum atomic E-state index is -0.361. The number of hydrogen-bond donors (Lipinski definition) is 1. The van der Waals surface area contributed by atoms with E-state index in [2.05, 4.69) is 15.5 Å². The number of nitrogens with one attached hydrogen (secondary N) is 1. The third-order valence-electron chi connectivity index (χ3n) is 5.28. The van der Waals surface area contributed by atoms with E-state index in [0.29, 0.717) is 34.6 Å². The molecule has 0 radical (unpaired) electrons. The first kappa shape index (κ1) is 18.7. The lowest BCUT2D eigenvalue weighted by Crippen LogP contribution is -2.31. The molecule has 1 aliphatic heterocycles. The maximum Gasteiger partial charge on any atom is 0.261 e. The Bertz CT molecular complexity index is 949. The number of hydrogen-bond acceptors (Lipinski definition) is 6. The van der Waals surface area contributed by atoms with E-state index < -0.39 is 0 Å². The molecule has 0 atom stereocenters. The lowest BCUT2D eigenvalue weighted by Gasteiger charge is -2.21. The Morgan fingerprint density at radius 1 is 1.21 bits per heavy atom. The van der Waals surface area contributed by atoms with Crippen LogP contribution in [-0.2, 0) is 0 Å². The van der Waals surface area contributed by atoms with Gasteiger partial charge in [0, 0.05) is 18.0 Å². The van der Waals surface area contributed by atoms with Crippen molar-refractivity contribution >= 4 is 34.2 Å². The van der Waals surface area contributed by atoms with Crippen molar-refractivity contribution in [3.63, 3.8) is 0 Å². The third-order valence-corrected chi connectivity index (χ3v) is 6.28. The minimum absolute atomic E-state index is 0.286. The number of fused-ring (bicyclic) bond motifs is 1. The quantitative estimate of drug-likeness (QED) is 0.749. The molecule has 1 aliphatic carbocycles. The maximum absolute atomic E-state index is 12.6. The highest BCUT2D eigenvalue weighted by Crippen LogP contribution is 2.38. The first-order chi connectivity index (χ1) is 13.4. The number of benzene rings is 1. The van der Waals surface area contributed by atoms with Gasteiger partial charge in [-0.25, -0.2) is 0 Å². The normalized spacial score (nSPS) is 16.5. The summed E-state index contributed by atoms with van der Waals surface area (Å²) in [5.74, 6) is -0.133. The van der Waals surface area contributed by atoms with Crippen molar-refractivity contribution in [2.24, 2.45) is 5.92 Å². The van der Waals surface area contributed by atoms with Gasteiger partial charge >= 0.3 is 0 Å². The molecule has 7 nitrogen and oxygen atoms in total. The molecular weight excluding hydrogens is 376 g/mol. The Morgan fingerprint density at radius 3 is 2.64 bits per heavy atom. The van der Waals surface area contributed by atoms with Crippen molar-refractivity contribution in [2.75, 3.05) is 11.9 Å². The second-order valence-electron chi connectivity index (χ2n) is 7.73. The van der Waals surface area contributed by atoms with Crippen LogP contribution in [0.2, 0.25) is 0 Å². The standard InChI is InChI=1S/C20H22N4O3S/c1-11(2)8-9-24-18(26)14-7-6-13(10-15(14)19(24)27)16(25)21-20-23-22-17(28-20)12-4-3-5-12/h6-7,10-12H,3-5,8-9H2,1-2H3,(H,21,23,25). The van der Waals surface area contributed by atoms with E-state index in [4.69, 9.17) is 0 Å². The van der Waals surface area contributed by atoms with Crippen LogP contribution in [0.5, 0.6) is 0 Å². The zero-order valence-corrected chi connectivity index (χ0v) is 16.7. The van der Waals surface area contributed by atoms with Crippen molar-refractivity contribution in [1.29, 1.82) is 0 Å². The summed E-state index contributed by atoms with van der Waals surface area (Å²) in [4.78, 5) is 38.9. The molecular formula is C20H22N4O3S. The van der Waals surface area contributed by atoms with Crippen LogP contribution in [0.15, 0.2) is 18.2 Å². The van der Waals surface area contributed by atoms with Crippen LogP contribution >= 0.6 is 11.3 Å². The molecule has 1 aromatic carbocycles. The van der Waals surface area contributed by atoms with E-state index in [1.165, 1.54) is 28.7 Å². The predicted molar refractivity (Wildman–Crippen MR) is 106 cm³/mol. The molecule has 4 rings (SSSR count). The fraction of sp³-hybridized carbons (Fsp3) is 0.450. The van der Waals surface area contributed by atoms with Gasteiger partial charge in [-0.3, -0.25) is 24.6 Å². The molecule has 1 saturated carbocycles. The zero-order chi connectivity index (χ0) is 19.8. The summed E-state index contributed by atoms with van der Waals surface area (Å²) in [6, 6.07) is 4.62. The van der Waals surface area contributed by atoms with E-state index in [1.54, 1.807) is 12.1 Å². The number of amides is 3. The largest absolute Gasteiger partial charge is 0.296 e. The zero-order valence-electron chi connectivity index (χ0n) is 15.9. The Kier molecular flexibility index (Phi) is 4.97. The monoisotopic (exact) mass is 398 g/mol. The Balaban J connectivity index is 1.48. The maximum atomic E-state index is 12.6. The topological polar surface area (TPSA) is 92.3 Å². The summed E-state index contributed by atoms with van der Waals surface area (Å²) in [5, 5.41) is 12.4. The molecule has 0 bridgehead atoms. The van der Waals surface area contributed by atoms with Gasteiger partial charge in [-0.1, -0.05) is 31.6 Å². The molecule has 0 saturated heterocycles. The van der Waals surface area contributed by atoms with Gasteiger partial charge in [-0.15, -0.1) is 10.2 Å². The van der Waals surface area contributed by atoms with E-state index in [1.807, 2.05) is 13.8 Å². The Morgan fingerprint density at radius 2 is 1.96 bits per heavy atom. The molecule has 1 aromatic heterocycles. The molecule has 1 N–H and O–H groups in total. The van der Waals surface area contributed by atoms with Crippen LogP contribution in [0.4, 0.5) is 5.13 Å². The van der Waals surface area contributed by atoms with E-state index >= 15 is 0 Å². The van der Waals surface area contributed by atoms with E-state index in [0.717, 1.165) is 24.3 Å². The van der Waals surface area contributed by atoms with Crippen LogP contribution in [0, 0.1) is 5.92 Å². The summed E-state index contributed by atoms with van der Waals surface area (Å²) >= 11 is 1.39. The smallest absolute Gasteiger partial charge is 0.261 e. The second kappa shape index (κ2) is 7.43. The molecule has 8 heteroatoms. The van der Waals surface area contributed by atoms with Gasteiger partial charge in [0.2, 0.25) is 5.13 Å². The molecule has 3 amide bonds. The summed E-state index contributed by atoms with van der Waals surface area (Å²) in [7, 11) is 0. The number of carbonyl (C=O) groups is 3. The SMILES string of the molecule is CC(C)CCN1C(=O)c2ccc(C(=O)Nc3nnc(C4CCC4)s3)cc2C1=O. The molecule has 2 aliphatic rings. The highest BCUT2D eigenvalue weighted by molar-refractivity contribution is 7.15. The van der Waals surface area contributed by atoms with Crippen molar-refractivity contribution < 1.29 is 14.4 Å². The molecule has 146 valence electrons. The first-order valence-electron chi connectivity index (χ1n) is 9.59. The van der Waals surface area contributed by atoms with Crippen molar-refractivity contribution in [2.45, 2.75) is 45.4 Å². The van der Waals surface area contributed by atoms with Crippen LogP contribution < -0.4 is 5.32 Å². The van der Waals surface area contributed by atoms with Gasteiger partial charge in [-0.05, 0) is 43.4 Å². The summed E-state index contributed by atoms with van der Waals surface area (Å²) in [6.07, 6.45) is 4.20. The van der Waals surface area contributed by atoms with Gasteiger partial charge in [0.1, 0.15) is 5.01 Å². The predicted octanol–water partition coefficient (Wildman–Crippen LogP) is 3.70. The first-order valence-corrected chi connectivity index (χ1v) is 10.4. The Hall–Kier alpha value is -2.61. The second-order valence-corrected chi connectivity index (χ2v) is 8.74. The summed E-state index contributed by atoms with van der Waals surface area (Å²) < 4.78 is 0. The lowest BCUT2D eigenvalue weighted by molar-refractivity contribution is 0.0647. The molecule has 2 aromatic rings. The van der Waals surface area contributed by atoms with Gasteiger partial charge < -0.3 is 0 Å². The molecule has 0 unspecified atom stereocenters. The van der Waals surface area contributed by atoms with Crippen molar-refractivity contribution in [3.05, 3.63) is 39.9 Å². The summed E-state index contributed by atoms with van der Waals surface area (Å²) in [6.45, 7) is 4.48. The molecule has 2 heterocycles. The third kappa shape index (κ3) is 3.44. The van der Waals surface area contributed by atoms with E-state index in [-0.39, 0.29) is 23.3 Å². The number of anilines is 1. The minimum Gasteiger partial charge on any atom is -0.296 e. The fourth-order valence-electron chi connectivity index (χ4n) is 3.30. The number of carbonyl (C=O) groups excluding carboxylic acids is 3. The van der Waals surface area contributed by atoms with Crippen LogP contribution in [0.25, 0.3) is 0 Å². The molecule has 1 fully saturated rings. The number of rotatable bonds is 6. The molecule has 0 spiro atoms. The van der Waals surface area contributed by atoms with Crippen molar-refractivity contribution in [1.82, 2.24) is 15.1 Å². The molecule has 28 heavy (non-hydrogen) atoms. The van der Waals surface area contributed by atoms with Crippen LogP contribution in [0.3, 0.4) is 0 Å². The van der Waals surface area contributed by atoms with Crippen LogP contribution in [-0.4, -0.2) is 39.4 Å². The van der Waals surface area contributed by atoms with Gasteiger partial charge in [0.25, 0.3) is 17.7 Å². The van der Waals surface area contributed by atoms with Gasteiger partial charge in [0.05, 0.1) is 11.1 Å². The van der Waals surface area contributed by atoms with Gasteiger partial charge in [0.15, 0.2) is 0 Å². The number of aromatic nitrogens is 2.